The van der Waals surface area contributed by atoms with Gasteiger partial charge in [-0.15, -0.1) is 0 Å². The van der Waals surface area contributed by atoms with E-state index < -0.39 is 11.6 Å². The summed E-state index contributed by atoms with van der Waals surface area (Å²) >= 11 is 0. The van der Waals surface area contributed by atoms with Crippen LogP contribution >= 0.6 is 0 Å². The van der Waals surface area contributed by atoms with E-state index in [1.807, 2.05) is 24.3 Å². The Morgan fingerprint density at radius 2 is 1.50 bits per heavy atom. The van der Waals surface area contributed by atoms with Crippen LogP contribution in [0, 0.1) is 0 Å². The number of hydrogen-bond acceptors (Lipinski definition) is 4. The van der Waals surface area contributed by atoms with E-state index in [2.05, 4.69) is 0 Å². The van der Waals surface area contributed by atoms with E-state index in [9.17, 15) is 9.59 Å². The summed E-state index contributed by atoms with van der Waals surface area (Å²) in [7, 11) is 1.28. The molecule has 100 valence electrons. The van der Waals surface area contributed by atoms with Crippen LogP contribution in [0.5, 0.6) is 0 Å². The topological polar surface area (TPSA) is 52.6 Å². The average Bonchev–Trinajstić information content (AvgIpc) is 2.79. The second-order valence-corrected chi connectivity index (χ2v) is 4.48. The Morgan fingerprint density at radius 1 is 1.00 bits per heavy atom. The van der Waals surface area contributed by atoms with Crippen LogP contribution in [0.25, 0.3) is 11.1 Å². The van der Waals surface area contributed by atoms with Crippen molar-refractivity contribution in [3.05, 3.63) is 59.7 Å². The first-order valence-electron chi connectivity index (χ1n) is 6.15. The van der Waals surface area contributed by atoms with Crippen molar-refractivity contribution in [1.82, 2.24) is 0 Å². The van der Waals surface area contributed by atoms with Crippen molar-refractivity contribution < 1.29 is 19.1 Å². The molecule has 1 aliphatic carbocycles. The first-order valence-corrected chi connectivity index (χ1v) is 6.15. The van der Waals surface area contributed by atoms with E-state index in [4.69, 9.17) is 9.47 Å². The monoisotopic (exact) mass is 268 g/mol. The van der Waals surface area contributed by atoms with Crippen LogP contribution < -0.4 is 0 Å². The molecule has 20 heavy (non-hydrogen) atoms. The quantitative estimate of drug-likeness (QED) is 0.633. The van der Waals surface area contributed by atoms with E-state index in [0.29, 0.717) is 11.1 Å². The number of ether oxygens (including phenoxy) is 2. The number of carbonyl (C=O) groups excluding carboxylic acids is 2. The maximum absolute atomic E-state index is 12.3. The summed E-state index contributed by atoms with van der Waals surface area (Å²) in [5, 5.41) is 0. The van der Waals surface area contributed by atoms with Crippen LogP contribution in [0.4, 0.5) is 0 Å². The largest absolute Gasteiger partial charge is 0.466 e. The van der Waals surface area contributed by atoms with E-state index in [1.54, 1.807) is 24.3 Å². The van der Waals surface area contributed by atoms with Crippen molar-refractivity contribution in [2.75, 3.05) is 7.11 Å². The first kappa shape index (κ1) is 12.4. The van der Waals surface area contributed by atoms with Gasteiger partial charge >= 0.3 is 5.97 Å². The molecule has 3 rings (SSSR count). The molecule has 2 aromatic carbocycles. The number of benzene rings is 2. The summed E-state index contributed by atoms with van der Waals surface area (Å²) in [6.45, 7) is 0.288. The fraction of sp³-hybridized carbons (Fsp3) is 0.125. The molecule has 0 aromatic heterocycles. The van der Waals surface area contributed by atoms with Gasteiger partial charge < -0.3 is 9.47 Å². The van der Waals surface area contributed by atoms with Crippen molar-refractivity contribution in [3.63, 3.8) is 0 Å². The van der Waals surface area contributed by atoms with Gasteiger partial charge in [0.15, 0.2) is 0 Å². The molecule has 0 radical (unpaired) electrons. The maximum atomic E-state index is 12.3. The van der Waals surface area contributed by atoms with E-state index >= 15 is 0 Å². The second-order valence-electron chi connectivity index (χ2n) is 4.48. The van der Waals surface area contributed by atoms with Gasteiger partial charge in [-0.25, -0.2) is 4.79 Å². The Kier molecular flexibility index (Phi) is 2.79. The molecule has 0 aliphatic heterocycles. The van der Waals surface area contributed by atoms with Gasteiger partial charge in [0.05, 0.1) is 7.11 Å². The summed E-state index contributed by atoms with van der Waals surface area (Å²) in [6.07, 6.45) is 0. The third-order valence-corrected chi connectivity index (χ3v) is 3.60. The molecule has 0 unspecified atom stereocenters. The Labute approximate surface area is 115 Å². The molecule has 0 saturated heterocycles. The molecule has 0 fully saturated rings. The fourth-order valence-electron chi connectivity index (χ4n) is 2.81. The van der Waals surface area contributed by atoms with Crippen LogP contribution in [0.2, 0.25) is 0 Å². The molecular weight excluding hydrogens is 256 g/mol. The average molecular weight is 268 g/mol. The highest BCUT2D eigenvalue weighted by atomic mass is 16.6. The Hall–Kier alpha value is -2.62. The predicted octanol–water partition coefficient (Wildman–Crippen LogP) is 2.26. The van der Waals surface area contributed by atoms with Gasteiger partial charge in [0.1, 0.15) is 0 Å². The standard InChI is InChI=1S/C16H12O4/c1-19-15(18)16(20-10-17)13-8-4-2-6-11(13)12-7-3-5-9-14(12)16/h2-10H,1H3. The van der Waals surface area contributed by atoms with Crippen molar-refractivity contribution in [3.8, 4) is 11.1 Å². The third-order valence-electron chi connectivity index (χ3n) is 3.60. The molecule has 0 saturated carbocycles. The normalized spacial score (nSPS) is 14.1. The zero-order valence-electron chi connectivity index (χ0n) is 10.8. The number of rotatable bonds is 3. The molecular formula is C16H12O4. The first-order chi connectivity index (χ1) is 9.75. The minimum absolute atomic E-state index is 0.288. The van der Waals surface area contributed by atoms with Crippen molar-refractivity contribution in [2.45, 2.75) is 5.60 Å². The Balaban J connectivity index is 2.39. The fourth-order valence-corrected chi connectivity index (χ4v) is 2.81. The number of methoxy groups -OCH3 is 1. The third kappa shape index (κ3) is 1.42. The minimum Gasteiger partial charge on any atom is -0.466 e. The van der Waals surface area contributed by atoms with Gasteiger partial charge in [0.25, 0.3) is 12.1 Å². The zero-order chi connectivity index (χ0) is 14.2. The van der Waals surface area contributed by atoms with Crippen LogP contribution in [0.3, 0.4) is 0 Å². The second kappa shape index (κ2) is 4.49. The number of fused-ring (bicyclic) bond motifs is 3. The summed E-state index contributed by atoms with van der Waals surface area (Å²) in [6, 6.07) is 14.7. The lowest BCUT2D eigenvalue weighted by molar-refractivity contribution is -0.169. The lowest BCUT2D eigenvalue weighted by atomic mass is 9.91. The molecule has 1 aliphatic rings. The van der Waals surface area contributed by atoms with Crippen LogP contribution in [-0.2, 0) is 24.7 Å². The molecule has 0 bridgehead atoms. The molecule has 4 nitrogen and oxygen atoms in total. The highest BCUT2D eigenvalue weighted by molar-refractivity contribution is 5.97. The zero-order valence-corrected chi connectivity index (χ0v) is 10.8. The predicted molar refractivity (Wildman–Crippen MR) is 71.8 cm³/mol. The highest BCUT2D eigenvalue weighted by Gasteiger charge is 2.52. The van der Waals surface area contributed by atoms with E-state index in [1.165, 1.54) is 7.11 Å². The van der Waals surface area contributed by atoms with E-state index in [-0.39, 0.29) is 6.47 Å². The molecule has 2 aromatic rings. The minimum atomic E-state index is -1.51. The van der Waals surface area contributed by atoms with Crippen molar-refractivity contribution >= 4 is 12.4 Å². The summed E-state index contributed by atoms with van der Waals surface area (Å²) < 4.78 is 10.1. The molecule has 0 amide bonds. The van der Waals surface area contributed by atoms with Gasteiger partial charge in [0, 0.05) is 11.1 Å². The van der Waals surface area contributed by atoms with Gasteiger partial charge in [-0.05, 0) is 11.1 Å². The van der Waals surface area contributed by atoms with Crippen LogP contribution in [0.15, 0.2) is 48.5 Å². The molecule has 0 N–H and O–H groups in total. The van der Waals surface area contributed by atoms with Gasteiger partial charge in [0.2, 0.25) is 0 Å². The summed E-state index contributed by atoms with van der Waals surface area (Å²) in [4.78, 5) is 23.3. The Morgan fingerprint density at radius 3 is 1.95 bits per heavy atom. The van der Waals surface area contributed by atoms with Crippen LogP contribution in [-0.4, -0.2) is 19.6 Å². The number of hydrogen-bond donors (Lipinski definition) is 0. The molecule has 0 heterocycles. The number of esters is 1. The van der Waals surface area contributed by atoms with Gasteiger partial charge in [-0.3, -0.25) is 4.79 Å². The number of carbonyl (C=O) groups is 2. The van der Waals surface area contributed by atoms with E-state index in [0.717, 1.165) is 11.1 Å². The molecule has 4 heteroatoms. The summed E-state index contributed by atoms with van der Waals surface area (Å²) in [5.74, 6) is -0.609. The summed E-state index contributed by atoms with van der Waals surface area (Å²) in [5.41, 5.74) is 1.48. The molecule has 0 atom stereocenters. The van der Waals surface area contributed by atoms with Gasteiger partial charge in [-0.1, -0.05) is 48.5 Å². The lowest BCUT2D eigenvalue weighted by Crippen LogP contribution is -2.39. The van der Waals surface area contributed by atoms with Gasteiger partial charge in [-0.2, -0.15) is 0 Å². The SMILES string of the molecule is COC(=O)C1(OC=O)c2ccccc2-c2ccccc21. The highest BCUT2D eigenvalue weighted by Crippen LogP contribution is 2.49. The smallest absolute Gasteiger partial charge is 0.360 e. The maximum Gasteiger partial charge on any atom is 0.360 e. The Bertz CT molecular complexity index is 645. The molecule has 0 spiro atoms. The van der Waals surface area contributed by atoms with Crippen LogP contribution in [0.1, 0.15) is 11.1 Å². The van der Waals surface area contributed by atoms with Crippen molar-refractivity contribution in [1.29, 1.82) is 0 Å². The van der Waals surface area contributed by atoms with Crippen molar-refractivity contribution in [2.24, 2.45) is 0 Å². The lowest BCUT2D eigenvalue weighted by Gasteiger charge is -2.26.